The van der Waals surface area contributed by atoms with Gasteiger partial charge in [0.2, 0.25) is 0 Å². The minimum Gasteiger partial charge on any atom is -0.328 e. The quantitative estimate of drug-likeness (QED) is 0.755. The molecule has 0 aromatic carbocycles. The molecule has 5 heteroatoms. The van der Waals surface area contributed by atoms with E-state index < -0.39 is 6.43 Å². The number of nitrogens with zero attached hydrogens (tertiary/aromatic N) is 2. The van der Waals surface area contributed by atoms with E-state index in [0.717, 1.165) is 6.54 Å². The molecule has 0 amide bonds. The van der Waals surface area contributed by atoms with E-state index in [2.05, 4.69) is 10.3 Å². The monoisotopic (exact) mass is 189 g/mol. The SMILES string of the molecule is CCNCc1nccn1CC(F)F. The minimum absolute atomic E-state index is 0.277. The van der Waals surface area contributed by atoms with E-state index >= 15 is 0 Å². The second kappa shape index (κ2) is 4.91. The van der Waals surface area contributed by atoms with Gasteiger partial charge in [-0.15, -0.1) is 0 Å². The Hall–Kier alpha value is -0.970. The molecule has 1 aromatic rings. The fraction of sp³-hybridized carbons (Fsp3) is 0.625. The molecule has 0 aliphatic heterocycles. The third kappa shape index (κ3) is 3.10. The number of alkyl halides is 2. The zero-order valence-corrected chi connectivity index (χ0v) is 7.50. The number of rotatable bonds is 5. The molecule has 0 atom stereocenters. The smallest absolute Gasteiger partial charge is 0.256 e. The van der Waals surface area contributed by atoms with Gasteiger partial charge in [-0.3, -0.25) is 0 Å². The summed E-state index contributed by atoms with van der Waals surface area (Å²) >= 11 is 0. The summed E-state index contributed by atoms with van der Waals surface area (Å²) in [5.41, 5.74) is 0. The Balaban J connectivity index is 2.55. The maximum absolute atomic E-state index is 12.0. The van der Waals surface area contributed by atoms with Gasteiger partial charge in [0.15, 0.2) is 0 Å². The van der Waals surface area contributed by atoms with Crippen molar-refractivity contribution in [1.82, 2.24) is 14.9 Å². The maximum Gasteiger partial charge on any atom is 0.256 e. The average Bonchev–Trinajstić information content (AvgIpc) is 2.48. The maximum atomic E-state index is 12.0. The third-order valence-corrected chi connectivity index (χ3v) is 1.67. The molecule has 74 valence electrons. The molecule has 13 heavy (non-hydrogen) atoms. The van der Waals surface area contributed by atoms with E-state index in [0.29, 0.717) is 12.4 Å². The van der Waals surface area contributed by atoms with Gasteiger partial charge in [-0.25, -0.2) is 13.8 Å². The lowest BCUT2D eigenvalue weighted by molar-refractivity contribution is 0.125. The van der Waals surface area contributed by atoms with Crippen LogP contribution in [0.5, 0.6) is 0 Å². The van der Waals surface area contributed by atoms with Crippen LogP contribution in [0.3, 0.4) is 0 Å². The van der Waals surface area contributed by atoms with E-state index in [1.807, 2.05) is 6.92 Å². The Bertz CT molecular complexity index is 247. The fourth-order valence-corrected chi connectivity index (χ4v) is 1.06. The van der Waals surface area contributed by atoms with Crippen molar-refractivity contribution < 1.29 is 8.78 Å². The predicted octanol–water partition coefficient (Wildman–Crippen LogP) is 1.26. The summed E-state index contributed by atoms with van der Waals surface area (Å²) in [6, 6.07) is 0. The Labute approximate surface area is 75.8 Å². The number of hydrogen-bond acceptors (Lipinski definition) is 2. The Morgan fingerprint density at radius 2 is 2.38 bits per heavy atom. The van der Waals surface area contributed by atoms with Crippen molar-refractivity contribution in [3.63, 3.8) is 0 Å². The van der Waals surface area contributed by atoms with E-state index in [1.54, 1.807) is 6.20 Å². The Morgan fingerprint density at radius 1 is 1.62 bits per heavy atom. The van der Waals surface area contributed by atoms with Crippen LogP contribution in [0.1, 0.15) is 12.7 Å². The largest absolute Gasteiger partial charge is 0.328 e. The minimum atomic E-state index is -2.32. The molecule has 1 heterocycles. The summed E-state index contributed by atoms with van der Waals surface area (Å²) in [5.74, 6) is 0.655. The van der Waals surface area contributed by atoms with Crippen molar-refractivity contribution in [1.29, 1.82) is 0 Å². The standard InChI is InChI=1S/C8H13F2N3/c1-2-11-5-8-12-3-4-13(8)6-7(9)10/h3-4,7,11H,2,5-6H2,1H3. The highest BCUT2D eigenvalue weighted by molar-refractivity contribution is 4.91. The first-order valence-electron chi connectivity index (χ1n) is 4.23. The summed E-state index contributed by atoms with van der Waals surface area (Å²) in [4.78, 5) is 3.97. The van der Waals surface area contributed by atoms with Crippen molar-refractivity contribution >= 4 is 0 Å². The molecule has 1 aromatic heterocycles. The van der Waals surface area contributed by atoms with Gasteiger partial charge < -0.3 is 9.88 Å². The summed E-state index contributed by atoms with van der Waals surface area (Å²) in [6.45, 7) is 3.03. The van der Waals surface area contributed by atoms with Gasteiger partial charge in [0, 0.05) is 12.4 Å². The molecule has 3 nitrogen and oxygen atoms in total. The molecule has 0 radical (unpaired) electrons. The highest BCUT2D eigenvalue weighted by Crippen LogP contribution is 2.02. The van der Waals surface area contributed by atoms with Crippen molar-refractivity contribution in [3.8, 4) is 0 Å². The van der Waals surface area contributed by atoms with Crippen LogP contribution in [0.25, 0.3) is 0 Å². The molecule has 0 saturated carbocycles. The highest BCUT2D eigenvalue weighted by Gasteiger charge is 2.07. The van der Waals surface area contributed by atoms with Crippen LogP contribution >= 0.6 is 0 Å². The van der Waals surface area contributed by atoms with Crippen LogP contribution in [0.2, 0.25) is 0 Å². The van der Waals surface area contributed by atoms with Crippen LogP contribution < -0.4 is 5.32 Å². The lowest BCUT2D eigenvalue weighted by atomic mass is 10.5. The first-order chi connectivity index (χ1) is 6.24. The van der Waals surface area contributed by atoms with Gasteiger partial charge in [0.25, 0.3) is 6.43 Å². The van der Waals surface area contributed by atoms with E-state index in [9.17, 15) is 8.78 Å². The van der Waals surface area contributed by atoms with Crippen LogP contribution in [0, 0.1) is 0 Å². The third-order valence-electron chi connectivity index (χ3n) is 1.67. The van der Waals surface area contributed by atoms with Crippen LogP contribution in [0.4, 0.5) is 8.78 Å². The van der Waals surface area contributed by atoms with Gasteiger partial charge in [-0.05, 0) is 6.54 Å². The lowest BCUT2D eigenvalue weighted by Gasteiger charge is -2.06. The average molecular weight is 189 g/mol. The number of halogens is 2. The summed E-state index contributed by atoms with van der Waals surface area (Å²) in [5, 5.41) is 3.04. The van der Waals surface area contributed by atoms with E-state index in [-0.39, 0.29) is 6.54 Å². The normalized spacial score (nSPS) is 11.1. The molecule has 0 aliphatic rings. The number of aromatic nitrogens is 2. The van der Waals surface area contributed by atoms with Crippen LogP contribution in [-0.2, 0) is 13.1 Å². The molecule has 1 N–H and O–H groups in total. The van der Waals surface area contributed by atoms with Gasteiger partial charge in [0.05, 0.1) is 13.1 Å². The van der Waals surface area contributed by atoms with E-state index in [4.69, 9.17) is 0 Å². The van der Waals surface area contributed by atoms with Crippen molar-refractivity contribution in [2.45, 2.75) is 26.4 Å². The second-order valence-electron chi connectivity index (χ2n) is 2.67. The summed E-state index contributed by atoms with van der Waals surface area (Å²) in [6.07, 6.45) is 0.781. The zero-order valence-electron chi connectivity index (χ0n) is 7.50. The predicted molar refractivity (Wildman–Crippen MR) is 45.6 cm³/mol. The van der Waals surface area contributed by atoms with Gasteiger partial charge in [-0.2, -0.15) is 0 Å². The van der Waals surface area contributed by atoms with E-state index in [1.165, 1.54) is 10.8 Å². The Kier molecular flexibility index (Phi) is 3.82. The molecule has 1 rings (SSSR count). The molecule has 0 fully saturated rings. The van der Waals surface area contributed by atoms with Gasteiger partial charge in [-0.1, -0.05) is 6.92 Å². The van der Waals surface area contributed by atoms with Gasteiger partial charge >= 0.3 is 0 Å². The van der Waals surface area contributed by atoms with Crippen molar-refractivity contribution in [2.75, 3.05) is 6.54 Å². The second-order valence-corrected chi connectivity index (χ2v) is 2.67. The van der Waals surface area contributed by atoms with Crippen molar-refractivity contribution in [3.05, 3.63) is 18.2 Å². The molecule has 0 unspecified atom stereocenters. The molecule has 0 spiro atoms. The summed E-state index contributed by atoms with van der Waals surface area (Å²) in [7, 11) is 0. The summed E-state index contributed by atoms with van der Waals surface area (Å²) < 4.78 is 25.5. The Morgan fingerprint density at radius 3 is 3.00 bits per heavy atom. The molecule has 0 bridgehead atoms. The fourth-order valence-electron chi connectivity index (χ4n) is 1.06. The number of nitrogens with one attached hydrogen (secondary N) is 1. The zero-order chi connectivity index (χ0) is 9.68. The topological polar surface area (TPSA) is 29.9 Å². The highest BCUT2D eigenvalue weighted by atomic mass is 19.3. The molecular formula is C8H13F2N3. The molecular weight excluding hydrogens is 176 g/mol. The molecule has 0 aliphatic carbocycles. The van der Waals surface area contributed by atoms with Crippen LogP contribution in [0.15, 0.2) is 12.4 Å². The first kappa shape index (κ1) is 10.1. The first-order valence-corrected chi connectivity index (χ1v) is 4.23. The van der Waals surface area contributed by atoms with Gasteiger partial charge in [0.1, 0.15) is 5.82 Å². The molecule has 0 saturated heterocycles. The van der Waals surface area contributed by atoms with Crippen LogP contribution in [-0.4, -0.2) is 22.5 Å². The lowest BCUT2D eigenvalue weighted by Crippen LogP contribution is -2.18. The number of imidazole rings is 1. The van der Waals surface area contributed by atoms with Crippen molar-refractivity contribution in [2.24, 2.45) is 0 Å². The number of hydrogen-bond donors (Lipinski definition) is 1.